The molecule has 0 aromatic heterocycles. The Hall–Kier alpha value is -1.27. The van der Waals surface area contributed by atoms with E-state index in [1.807, 2.05) is 0 Å². The molecule has 15 heavy (non-hydrogen) atoms. The van der Waals surface area contributed by atoms with E-state index in [0.717, 1.165) is 6.07 Å². The van der Waals surface area contributed by atoms with Gasteiger partial charge in [-0.05, 0) is 12.1 Å². The molecule has 0 radical (unpaired) electrons. The van der Waals surface area contributed by atoms with Gasteiger partial charge in [-0.2, -0.15) is 18.7 Å². The summed E-state index contributed by atoms with van der Waals surface area (Å²) in [5.41, 5.74) is 1.89. The summed E-state index contributed by atoms with van der Waals surface area (Å²) in [5.74, 6) is -0.408. The van der Waals surface area contributed by atoms with Crippen LogP contribution >= 0.6 is 0 Å². The Morgan fingerprint density at radius 3 is 2.53 bits per heavy atom. The van der Waals surface area contributed by atoms with Crippen molar-refractivity contribution in [2.24, 2.45) is 0 Å². The molecule has 0 unspecified atom stereocenters. The van der Waals surface area contributed by atoms with E-state index in [1.54, 1.807) is 0 Å². The summed E-state index contributed by atoms with van der Waals surface area (Å²) < 4.78 is 36.6. The minimum Gasteiger partial charge on any atom is -0.508 e. The lowest BCUT2D eigenvalue weighted by atomic mass is 10.1. The Morgan fingerprint density at radius 1 is 1.40 bits per heavy atom. The Labute approximate surface area is 84.4 Å². The zero-order chi connectivity index (χ0) is 11.5. The predicted molar refractivity (Wildman–Crippen MR) is 47.0 cm³/mol. The lowest BCUT2D eigenvalue weighted by Crippen LogP contribution is -2.11. The van der Waals surface area contributed by atoms with Crippen molar-refractivity contribution in [1.82, 2.24) is 5.48 Å². The topological polar surface area (TPSA) is 41.5 Å². The van der Waals surface area contributed by atoms with Crippen molar-refractivity contribution in [3.8, 4) is 5.75 Å². The van der Waals surface area contributed by atoms with Gasteiger partial charge in [0, 0.05) is 12.1 Å². The maximum Gasteiger partial charge on any atom is 0.416 e. The highest BCUT2D eigenvalue weighted by molar-refractivity contribution is 5.37. The number of benzene rings is 1. The van der Waals surface area contributed by atoms with Gasteiger partial charge in [-0.15, -0.1) is 0 Å². The fourth-order valence-corrected chi connectivity index (χ4v) is 1.04. The first-order valence-corrected chi connectivity index (χ1v) is 4.10. The number of hydroxylamine groups is 1. The summed E-state index contributed by atoms with van der Waals surface area (Å²) in [6.45, 7) is 0.139. The van der Waals surface area contributed by atoms with Crippen molar-refractivity contribution in [1.29, 1.82) is 0 Å². The molecule has 0 saturated carbocycles. The predicted octanol–water partition coefficient (Wildman–Crippen LogP) is 2.06. The smallest absolute Gasteiger partial charge is 0.416 e. The van der Waals surface area contributed by atoms with E-state index in [2.05, 4.69) is 10.3 Å². The first kappa shape index (κ1) is 11.8. The third-order valence-corrected chi connectivity index (χ3v) is 1.82. The van der Waals surface area contributed by atoms with Gasteiger partial charge >= 0.3 is 6.18 Å². The van der Waals surface area contributed by atoms with E-state index >= 15 is 0 Å². The third-order valence-electron chi connectivity index (χ3n) is 1.82. The van der Waals surface area contributed by atoms with Crippen molar-refractivity contribution in [2.75, 3.05) is 7.11 Å². The molecule has 3 nitrogen and oxygen atoms in total. The lowest BCUT2D eigenvalue weighted by molar-refractivity contribution is -0.137. The Kier molecular flexibility index (Phi) is 3.54. The van der Waals surface area contributed by atoms with Crippen LogP contribution in [-0.2, 0) is 17.6 Å². The van der Waals surface area contributed by atoms with Crippen LogP contribution in [-0.4, -0.2) is 12.2 Å². The maximum absolute atomic E-state index is 12.2. The van der Waals surface area contributed by atoms with Crippen molar-refractivity contribution < 1.29 is 23.1 Å². The van der Waals surface area contributed by atoms with Crippen LogP contribution in [0.1, 0.15) is 11.1 Å². The maximum atomic E-state index is 12.2. The van der Waals surface area contributed by atoms with E-state index < -0.39 is 17.5 Å². The fourth-order valence-electron chi connectivity index (χ4n) is 1.04. The number of rotatable bonds is 3. The van der Waals surface area contributed by atoms with Gasteiger partial charge in [-0.1, -0.05) is 6.07 Å². The number of halogens is 3. The molecular weight excluding hydrogens is 211 g/mol. The Morgan fingerprint density at radius 2 is 2.07 bits per heavy atom. The molecule has 0 aliphatic heterocycles. The molecule has 0 spiro atoms. The molecule has 0 fully saturated rings. The van der Waals surface area contributed by atoms with Crippen LogP contribution in [0.2, 0.25) is 0 Å². The zero-order valence-electron chi connectivity index (χ0n) is 7.93. The first-order chi connectivity index (χ1) is 6.95. The highest BCUT2D eigenvalue weighted by Crippen LogP contribution is 2.32. The number of nitrogens with one attached hydrogen (secondary N) is 1. The molecule has 2 N–H and O–H groups in total. The highest BCUT2D eigenvalue weighted by atomic mass is 19.4. The van der Waals surface area contributed by atoms with Crippen molar-refractivity contribution in [2.45, 2.75) is 12.7 Å². The summed E-state index contributed by atoms with van der Waals surface area (Å²) in [6.07, 6.45) is -4.44. The largest absolute Gasteiger partial charge is 0.508 e. The molecule has 0 amide bonds. The SMILES string of the molecule is CONCc1ccc(C(F)(F)F)cc1O. The minimum absolute atomic E-state index is 0.139. The Balaban J connectivity index is 2.88. The molecule has 84 valence electrons. The highest BCUT2D eigenvalue weighted by Gasteiger charge is 2.30. The van der Waals surface area contributed by atoms with Gasteiger partial charge in [0.25, 0.3) is 0 Å². The molecule has 6 heteroatoms. The molecular formula is C9H10F3NO2. The van der Waals surface area contributed by atoms with Crippen LogP contribution in [0.25, 0.3) is 0 Å². The summed E-state index contributed by atoms with van der Waals surface area (Å²) in [4.78, 5) is 4.51. The van der Waals surface area contributed by atoms with Crippen LogP contribution in [0, 0.1) is 0 Å². The number of hydrogen-bond acceptors (Lipinski definition) is 3. The van der Waals surface area contributed by atoms with Crippen LogP contribution in [0.15, 0.2) is 18.2 Å². The first-order valence-electron chi connectivity index (χ1n) is 4.10. The third kappa shape index (κ3) is 3.10. The van der Waals surface area contributed by atoms with Crippen LogP contribution in [0.3, 0.4) is 0 Å². The minimum atomic E-state index is -4.44. The molecule has 1 aromatic carbocycles. The van der Waals surface area contributed by atoms with Crippen LogP contribution in [0.4, 0.5) is 13.2 Å². The summed E-state index contributed by atoms with van der Waals surface area (Å²) in [5, 5.41) is 9.29. The van der Waals surface area contributed by atoms with Crippen molar-refractivity contribution >= 4 is 0 Å². The summed E-state index contributed by atoms with van der Waals surface area (Å²) >= 11 is 0. The van der Waals surface area contributed by atoms with E-state index in [-0.39, 0.29) is 6.54 Å². The van der Waals surface area contributed by atoms with Crippen LogP contribution in [0.5, 0.6) is 5.75 Å². The monoisotopic (exact) mass is 221 g/mol. The Bertz CT molecular complexity index is 339. The van der Waals surface area contributed by atoms with Crippen molar-refractivity contribution in [3.05, 3.63) is 29.3 Å². The van der Waals surface area contributed by atoms with Gasteiger partial charge in [0.1, 0.15) is 5.75 Å². The number of phenols is 1. The molecule has 0 bridgehead atoms. The van der Waals surface area contributed by atoms with Gasteiger partial charge in [-0.25, -0.2) is 0 Å². The van der Waals surface area contributed by atoms with Crippen LogP contribution < -0.4 is 5.48 Å². The number of alkyl halides is 3. The van der Waals surface area contributed by atoms with E-state index in [4.69, 9.17) is 0 Å². The molecule has 1 aromatic rings. The second kappa shape index (κ2) is 4.50. The van der Waals surface area contributed by atoms with E-state index in [1.165, 1.54) is 13.2 Å². The van der Waals surface area contributed by atoms with Gasteiger partial charge in [-0.3, -0.25) is 0 Å². The second-order valence-corrected chi connectivity index (χ2v) is 2.87. The van der Waals surface area contributed by atoms with Gasteiger partial charge in [0.2, 0.25) is 0 Å². The second-order valence-electron chi connectivity index (χ2n) is 2.87. The molecule has 0 saturated heterocycles. The van der Waals surface area contributed by atoms with Gasteiger partial charge in [0.15, 0.2) is 0 Å². The molecule has 0 aliphatic carbocycles. The molecule has 0 atom stereocenters. The van der Waals surface area contributed by atoms with E-state index in [0.29, 0.717) is 11.6 Å². The number of aromatic hydroxyl groups is 1. The van der Waals surface area contributed by atoms with E-state index in [9.17, 15) is 18.3 Å². The summed E-state index contributed by atoms with van der Waals surface area (Å²) in [6, 6.07) is 2.79. The quantitative estimate of drug-likeness (QED) is 0.767. The number of phenolic OH excluding ortho intramolecular Hbond substituents is 1. The standard InChI is InChI=1S/C9H10F3NO2/c1-15-13-5-6-2-3-7(4-8(6)14)9(10,11)12/h2-4,13-14H,5H2,1H3. The van der Waals surface area contributed by atoms with Crippen molar-refractivity contribution in [3.63, 3.8) is 0 Å². The normalized spacial score (nSPS) is 11.7. The average molecular weight is 221 g/mol. The zero-order valence-corrected chi connectivity index (χ0v) is 7.93. The lowest BCUT2D eigenvalue weighted by Gasteiger charge is -2.09. The van der Waals surface area contributed by atoms with Gasteiger partial charge in [0.05, 0.1) is 12.7 Å². The fraction of sp³-hybridized carbons (Fsp3) is 0.333. The van der Waals surface area contributed by atoms with Gasteiger partial charge < -0.3 is 9.94 Å². The number of hydrogen-bond donors (Lipinski definition) is 2. The molecule has 1 rings (SSSR count). The molecule has 0 aliphatic rings. The average Bonchev–Trinajstić information content (AvgIpc) is 2.14. The summed E-state index contributed by atoms with van der Waals surface area (Å²) in [7, 11) is 1.38. The molecule has 0 heterocycles.